The summed E-state index contributed by atoms with van der Waals surface area (Å²) in [6, 6.07) is 19.2. The second kappa shape index (κ2) is 26.3. The molecule has 0 radical (unpaired) electrons. The number of benzene rings is 1. The van der Waals surface area contributed by atoms with E-state index in [1.807, 2.05) is 0 Å². The van der Waals surface area contributed by atoms with Gasteiger partial charge in [0.15, 0.2) is 74.9 Å². The number of nitrogens with zero attached hydrogens (tertiary/aromatic N) is 3. The summed E-state index contributed by atoms with van der Waals surface area (Å²) < 4.78 is 44.5. The van der Waals surface area contributed by atoms with Crippen molar-refractivity contribution in [3.05, 3.63) is 30.3 Å². The van der Waals surface area contributed by atoms with Crippen molar-refractivity contribution in [3.8, 4) is 0 Å². The Morgan fingerprint density at radius 2 is 0.562 bits per heavy atom. The summed E-state index contributed by atoms with van der Waals surface area (Å²) in [4.78, 5) is 43.3. The Balaban J connectivity index is 3.63. The molecule has 0 spiro atoms. The zero-order valence-corrected chi connectivity index (χ0v) is 53.5. The predicted molar refractivity (Wildman–Crippen MR) is 292 cm³/mol. The van der Waals surface area contributed by atoms with Crippen molar-refractivity contribution in [1.82, 2.24) is 0 Å². The van der Waals surface area contributed by atoms with Crippen LogP contribution in [0.3, 0.4) is 0 Å². The highest BCUT2D eigenvalue weighted by Crippen LogP contribution is 2.36. The van der Waals surface area contributed by atoms with Crippen LogP contribution in [0.5, 0.6) is 0 Å². The molecule has 0 aliphatic carbocycles. The predicted octanol–water partition coefficient (Wildman–Crippen LogP) is 12.0. The standard InChI is InChI=1S/C42H89N3O9Si10/c1-55(2,30-22-27-43-39-46)49-58(7,8)33-36-61(13,14)52-64(42-25-20-19-21-26-42,53-62(15,16)37-34-59(9,10)50-56(3,4)31-23-28-44-40-47)54-63(17,18)38-35-60(11,12)51-57(5,6)32-24-29-45-41-48/h19-21,25-26H,22-24,27-38H2,1-18H3. The monoisotopic (exact) mass is 1060 g/mol. The lowest BCUT2D eigenvalue weighted by Crippen LogP contribution is -2.68. The van der Waals surface area contributed by atoms with Gasteiger partial charge in [-0.25, -0.2) is 29.4 Å². The van der Waals surface area contributed by atoms with Gasteiger partial charge in [0.1, 0.15) is 0 Å². The molecular weight excluding hydrogens is 971 g/mol. The van der Waals surface area contributed by atoms with Crippen molar-refractivity contribution in [2.75, 3.05) is 19.6 Å². The smallest absolute Gasteiger partial charge is 0.456 e. The summed E-state index contributed by atoms with van der Waals surface area (Å²) in [7, 11) is -23.2. The minimum absolute atomic E-state index is 0.502. The minimum atomic E-state index is -3.57. The van der Waals surface area contributed by atoms with E-state index in [4.69, 9.17) is 24.7 Å². The van der Waals surface area contributed by atoms with E-state index >= 15 is 0 Å². The molecule has 64 heavy (non-hydrogen) atoms. The topological polar surface area (TPSA) is 144 Å². The van der Waals surface area contributed by atoms with Crippen LogP contribution in [0, 0.1) is 0 Å². The van der Waals surface area contributed by atoms with Crippen LogP contribution in [0.1, 0.15) is 19.3 Å². The van der Waals surface area contributed by atoms with E-state index in [1.165, 1.54) is 0 Å². The minimum Gasteiger partial charge on any atom is -0.456 e. The van der Waals surface area contributed by atoms with E-state index in [0.29, 0.717) is 19.6 Å². The summed E-state index contributed by atoms with van der Waals surface area (Å²) in [6.07, 6.45) is 7.53. The first-order valence-electron chi connectivity index (χ1n) is 23.5. The van der Waals surface area contributed by atoms with E-state index < -0.39 is 83.7 Å². The molecule has 22 heteroatoms. The van der Waals surface area contributed by atoms with Crippen molar-refractivity contribution < 1.29 is 39.1 Å². The first kappa shape index (κ1) is 61.3. The second-order valence-electron chi connectivity index (χ2n) is 23.1. The average Bonchev–Trinajstić information content (AvgIpc) is 3.13. The number of hydrogen-bond donors (Lipinski definition) is 0. The number of isocyanates is 3. The molecule has 0 fully saturated rings. The van der Waals surface area contributed by atoms with Crippen LogP contribution in [0.25, 0.3) is 0 Å². The Kier molecular flexibility index (Phi) is 25.2. The van der Waals surface area contributed by atoms with Crippen molar-refractivity contribution in [1.29, 1.82) is 0 Å². The fraction of sp³-hybridized carbons (Fsp3) is 0.786. The molecule has 0 amide bonds. The highest BCUT2D eigenvalue weighted by atomic mass is 28.5. The quantitative estimate of drug-likeness (QED) is 0.0285. The molecule has 12 nitrogen and oxygen atoms in total. The Hall–Kier alpha value is -0.711. The van der Waals surface area contributed by atoms with Crippen molar-refractivity contribution in [2.24, 2.45) is 15.0 Å². The molecule has 0 aromatic heterocycles. The first-order valence-corrected chi connectivity index (χ1v) is 53.3. The van der Waals surface area contributed by atoms with Crippen LogP contribution in [-0.2, 0) is 39.1 Å². The zero-order chi connectivity index (χ0) is 49.2. The molecule has 366 valence electrons. The molecule has 1 aromatic carbocycles. The molecule has 1 rings (SSSR count). The maximum absolute atomic E-state index is 10.7. The third-order valence-corrected chi connectivity index (χ3v) is 50.4. The van der Waals surface area contributed by atoms with Gasteiger partial charge in [-0.2, -0.15) is 0 Å². The maximum atomic E-state index is 10.7. The molecule has 0 atom stereocenters. The van der Waals surface area contributed by atoms with E-state index in [1.54, 1.807) is 18.2 Å². The number of rotatable bonds is 34. The fourth-order valence-electron chi connectivity index (χ4n) is 8.37. The lowest BCUT2D eigenvalue weighted by atomic mass is 10.4. The van der Waals surface area contributed by atoms with E-state index in [0.717, 1.165) is 78.8 Å². The van der Waals surface area contributed by atoms with Gasteiger partial charge in [0.05, 0.1) is 19.6 Å². The zero-order valence-electron chi connectivity index (χ0n) is 43.5. The Labute approximate surface area is 400 Å². The SMILES string of the molecule is C[Si](C)(CCCN=C=O)O[Si](C)(C)CC[Si](C)(C)O[Si](O[Si](C)(C)CC[Si](C)(C)O[Si](C)(C)CCCN=C=O)(O[Si](C)(C)CC[Si](C)(C)O[Si](C)(C)CCCN=C=O)c1ccccc1. The third kappa shape index (κ3) is 26.7. The molecule has 0 saturated heterocycles. The first-order chi connectivity index (χ1) is 29.2. The van der Waals surface area contributed by atoms with Crippen LogP contribution < -0.4 is 5.19 Å². The summed E-state index contributed by atoms with van der Waals surface area (Å²) in [5, 5.41) is 1.04. The van der Waals surface area contributed by atoms with Crippen molar-refractivity contribution in [2.45, 2.75) is 192 Å². The van der Waals surface area contributed by atoms with Gasteiger partial charge in [0, 0.05) is 5.19 Å². The van der Waals surface area contributed by atoms with Crippen LogP contribution in [0.15, 0.2) is 45.3 Å². The van der Waals surface area contributed by atoms with Crippen LogP contribution in [0.4, 0.5) is 0 Å². The highest BCUT2D eigenvalue weighted by molar-refractivity contribution is 6.97. The maximum Gasteiger partial charge on any atom is 0.505 e. The van der Waals surface area contributed by atoms with E-state index in [9.17, 15) is 14.4 Å². The molecule has 1 aromatic rings. The number of hydrogen-bond acceptors (Lipinski definition) is 12. The second-order valence-corrected chi connectivity index (χ2v) is 65.9. The normalized spacial score (nSPS) is 14.6. The average molecular weight is 1060 g/mol. The van der Waals surface area contributed by atoms with Crippen molar-refractivity contribution in [3.63, 3.8) is 0 Å². The van der Waals surface area contributed by atoms with Gasteiger partial charge in [-0.15, -0.1) is 0 Å². The third-order valence-electron chi connectivity index (χ3n) is 11.3. The Morgan fingerprint density at radius 1 is 0.344 bits per heavy atom. The van der Waals surface area contributed by atoms with Gasteiger partial charge in [-0.3, -0.25) is 0 Å². The summed E-state index contributed by atoms with van der Waals surface area (Å²) in [6.45, 7) is 43.3. The molecule has 0 aliphatic rings. The highest BCUT2D eigenvalue weighted by Gasteiger charge is 2.55. The molecule has 0 unspecified atom stereocenters. The van der Waals surface area contributed by atoms with Crippen molar-refractivity contribution >= 4 is 107 Å². The number of carbonyl (C=O) groups excluding carboxylic acids is 3. The molecule has 0 heterocycles. The molecule has 0 N–H and O–H groups in total. The van der Waals surface area contributed by atoms with E-state index in [2.05, 4.69) is 163 Å². The van der Waals surface area contributed by atoms with E-state index in [-0.39, 0.29) is 0 Å². The van der Waals surface area contributed by atoms with Crippen LogP contribution in [0.2, 0.25) is 172 Å². The lowest BCUT2D eigenvalue weighted by Gasteiger charge is -2.46. The van der Waals surface area contributed by atoms with Gasteiger partial charge in [0.25, 0.3) is 0 Å². The van der Waals surface area contributed by atoms with Gasteiger partial charge in [0.2, 0.25) is 18.2 Å². The lowest BCUT2D eigenvalue weighted by molar-refractivity contribution is 0.268. The fourth-order valence-corrected chi connectivity index (χ4v) is 59.8. The molecule has 0 saturated carbocycles. The Bertz CT molecular complexity index is 1550. The van der Waals surface area contributed by atoms with Gasteiger partial charge < -0.3 is 24.7 Å². The summed E-state index contributed by atoms with van der Waals surface area (Å²) in [5.74, 6) is 0. The largest absolute Gasteiger partial charge is 0.505 e. The van der Waals surface area contributed by atoms with Gasteiger partial charge >= 0.3 is 8.80 Å². The van der Waals surface area contributed by atoms with Gasteiger partial charge in [-0.05, 0) is 192 Å². The molecule has 0 aliphatic heterocycles. The molecule has 0 bridgehead atoms. The summed E-state index contributed by atoms with van der Waals surface area (Å²) in [5.41, 5.74) is 0. The molecular formula is C42H89N3O9Si10. The summed E-state index contributed by atoms with van der Waals surface area (Å²) >= 11 is 0. The van der Waals surface area contributed by atoms with Gasteiger partial charge in [-0.1, -0.05) is 30.3 Å². The van der Waals surface area contributed by atoms with Crippen LogP contribution >= 0.6 is 0 Å². The Morgan fingerprint density at radius 3 is 0.797 bits per heavy atom. The van der Waals surface area contributed by atoms with Crippen LogP contribution in [-0.4, -0.2) is 122 Å². The number of aliphatic imine (C=N–C) groups is 3.